The molecule has 0 unspecified atom stereocenters. The molecular formula is C29H43NO2. The number of aromatic nitrogens is 1. The van der Waals surface area contributed by atoms with Gasteiger partial charge in [-0.1, -0.05) is 79.7 Å². The number of nitrogens with zero attached hydrogens (tertiary/aromatic N) is 1. The fourth-order valence-corrected chi connectivity index (χ4v) is 4.82. The highest BCUT2D eigenvalue weighted by Crippen LogP contribution is 2.35. The highest BCUT2D eigenvalue weighted by Gasteiger charge is 2.26. The van der Waals surface area contributed by atoms with Crippen molar-refractivity contribution in [2.75, 3.05) is 6.61 Å². The quantitative estimate of drug-likeness (QED) is 0.449. The Morgan fingerprint density at radius 2 is 1.53 bits per heavy atom. The largest absolute Gasteiger partial charge is 0.462 e. The van der Waals surface area contributed by atoms with E-state index in [1.807, 2.05) is 13.1 Å². The molecule has 1 heterocycles. The first-order chi connectivity index (χ1) is 14.9. The van der Waals surface area contributed by atoms with Gasteiger partial charge in [0, 0.05) is 17.6 Å². The third kappa shape index (κ3) is 5.47. The van der Waals surface area contributed by atoms with E-state index in [9.17, 15) is 4.79 Å². The van der Waals surface area contributed by atoms with E-state index in [1.165, 1.54) is 48.9 Å². The number of hydrogen-bond acceptors (Lipinski definition) is 2. The van der Waals surface area contributed by atoms with Gasteiger partial charge in [0.2, 0.25) is 0 Å². The summed E-state index contributed by atoms with van der Waals surface area (Å²) in [4.78, 5) is 12.8. The van der Waals surface area contributed by atoms with Crippen LogP contribution in [0.5, 0.6) is 0 Å². The van der Waals surface area contributed by atoms with E-state index in [2.05, 4.69) is 71.2 Å². The molecule has 3 nitrogen and oxygen atoms in total. The molecule has 0 bridgehead atoms. The Morgan fingerprint density at radius 1 is 0.969 bits per heavy atom. The smallest absolute Gasteiger partial charge is 0.339 e. The average molecular weight is 438 g/mol. The molecule has 0 atom stereocenters. The third-order valence-corrected chi connectivity index (χ3v) is 7.02. The van der Waals surface area contributed by atoms with Gasteiger partial charge in [0.25, 0.3) is 0 Å². The Bertz CT molecular complexity index is 915. The van der Waals surface area contributed by atoms with Crippen molar-refractivity contribution >= 4 is 5.97 Å². The minimum absolute atomic E-state index is 0.0473. The van der Waals surface area contributed by atoms with Crippen molar-refractivity contribution in [1.29, 1.82) is 0 Å². The van der Waals surface area contributed by atoms with Crippen LogP contribution >= 0.6 is 0 Å². The van der Waals surface area contributed by atoms with E-state index >= 15 is 0 Å². The molecular weight excluding hydrogens is 394 g/mol. The summed E-state index contributed by atoms with van der Waals surface area (Å²) >= 11 is 0. The lowest BCUT2D eigenvalue weighted by Crippen LogP contribution is -2.18. The lowest BCUT2D eigenvalue weighted by atomic mass is 9.80. The molecule has 2 aromatic rings. The maximum Gasteiger partial charge on any atom is 0.339 e. The first-order valence-corrected chi connectivity index (χ1v) is 12.5. The van der Waals surface area contributed by atoms with Crippen LogP contribution in [0.25, 0.3) is 5.69 Å². The highest BCUT2D eigenvalue weighted by atomic mass is 16.5. The Kier molecular flexibility index (Phi) is 7.27. The highest BCUT2D eigenvalue weighted by molar-refractivity contribution is 5.91. The molecule has 0 spiro atoms. The summed E-state index contributed by atoms with van der Waals surface area (Å²) in [5.74, 6) is 0.482. The summed E-state index contributed by atoms with van der Waals surface area (Å²) in [6.45, 7) is 18.0. The van der Waals surface area contributed by atoms with Crippen molar-refractivity contribution in [2.24, 2.45) is 5.92 Å². The topological polar surface area (TPSA) is 31.2 Å². The van der Waals surface area contributed by atoms with Crippen molar-refractivity contribution in [3.63, 3.8) is 0 Å². The number of carbonyl (C=O) groups excluding carboxylic acids is 1. The second kappa shape index (κ2) is 9.45. The number of rotatable bonds is 5. The van der Waals surface area contributed by atoms with Gasteiger partial charge in [-0.25, -0.2) is 4.79 Å². The zero-order valence-electron chi connectivity index (χ0n) is 21.6. The van der Waals surface area contributed by atoms with Gasteiger partial charge in [-0.15, -0.1) is 0 Å². The summed E-state index contributed by atoms with van der Waals surface area (Å²) < 4.78 is 7.70. The zero-order valence-corrected chi connectivity index (χ0v) is 21.6. The van der Waals surface area contributed by atoms with E-state index < -0.39 is 0 Å². The lowest BCUT2D eigenvalue weighted by Gasteiger charge is -2.27. The summed E-state index contributed by atoms with van der Waals surface area (Å²) in [5, 5.41) is 0. The van der Waals surface area contributed by atoms with Crippen LogP contribution < -0.4 is 0 Å². The van der Waals surface area contributed by atoms with Crippen molar-refractivity contribution in [2.45, 2.75) is 105 Å². The van der Waals surface area contributed by atoms with Gasteiger partial charge in [-0.2, -0.15) is 0 Å². The minimum atomic E-state index is -0.211. The Labute approximate surface area is 195 Å². The first kappa shape index (κ1) is 24.6. The number of ether oxygens (including phenoxy) is 1. The van der Waals surface area contributed by atoms with Crippen LogP contribution in [-0.2, 0) is 22.0 Å². The molecule has 1 aromatic heterocycles. The van der Waals surface area contributed by atoms with Crippen LogP contribution in [0.1, 0.15) is 113 Å². The predicted octanol–water partition coefficient (Wildman–Crippen LogP) is 7.68. The van der Waals surface area contributed by atoms with E-state index in [-0.39, 0.29) is 16.8 Å². The van der Waals surface area contributed by atoms with Crippen LogP contribution in [0, 0.1) is 12.8 Å². The van der Waals surface area contributed by atoms with E-state index in [1.54, 1.807) is 0 Å². The summed E-state index contributed by atoms with van der Waals surface area (Å²) in [6, 6.07) is 6.98. The molecule has 3 rings (SSSR count). The first-order valence-electron chi connectivity index (χ1n) is 12.5. The molecule has 0 radical (unpaired) electrons. The molecule has 0 amide bonds. The van der Waals surface area contributed by atoms with Gasteiger partial charge < -0.3 is 9.30 Å². The standard InChI is InChI=1S/C29H43NO2/c1-9-32-27(31)25-19-30(26(20(25)2)15-21-13-11-10-12-14-21)24-17-22(28(3,4)5)16-23(18-24)29(6,7)8/h16-19,21H,9-15H2,1-8H3. The monoisotopic (exact) mass is 437 g/mol. The normalized spacial score (nSPS) is 15.8. The maximum atomic E-state index is 12.8. The molecule has 1 aliphatic carbocycles. The van der Waals surface area contributed by atoms with Crippen LogP contribution in [0.3, 0.4) is 0 Å². The molecule has 176 valence electrons. The zero-order chi connectivity index (χ0) is 23.7. The molecule has 0 saturated heterocycles. The number of carbonyl (C=O) groups is 1. The number of benzene rings is 1. The van der Waals surface area contributed by atoms with Crippen LogP contribution in [0.15, 0.2) is 24.4 Å². The van der Waals surface area contributed by atoms with E-state index in [0.29, 0.717) is 18.1 Å². The Morgan fingerprint density at radius 3 is 2.03 bits per heavy atom. The van der Waals surface area contributed by atoms with Crippen molar-refractivity contribution in [3.05, 3.63) is 52.3 Å². The van der Waals surface area contributed by atoms with Gasteiger partial charge in [0.05, 0.1) is 12.2 Å². The molecule has 1 saturated carbocycles. The number of esters is 1. The second-order valence-electron chi connectivity index (χ2n) is 11.7. The van der Waals surface area contributed by atoms with Crippen molar-refractivity contribution in [1.82, 2.24) is 4.57 Å². The average Bonchev–Trinajstić information content (AvgIpc) is 3.04. The molecule has 32 heavy (non-hydrogen) atoms. The van der Waals surface area contributed by atoms with Gasteiger partial charge in [0.15, 0.2) is 0 Å². The molecule has 0 N–H and O–H groups in total. The third-order valence-electron chi connectivity index (χ3n) is 7.02. The summed E-state index contributed by atoms with van der Waals surface area (Å²) in [7, 11) is 0. The van der Waals surface area contributed by atoms with E-state index in [0.717, 1.165) is 17.7 Å². The predicted molar refractivity (Wildman–Crippen MR) is 134 cm³/mol. The van der Waals surface area contributed by atoms with Crippen LogP contribution in [-0.4, -0.2) is 17.1 Å². The summed E-state index contributed by atoms with van der Waals surface area (Å²) in [5.41, 5.74) is 6.96. The summed E-state index contributed by atoms with van der Waals surface area (Å²) in [6.07, 6.45) is 9.62. The van der Waals surface area contributed by atoms with Crippen molar-refractivity contribution < 1.29 is 9.53 Å². The molecule has 0 aliphatic heterocycles. The molecule has 1 fully saturated rings. The SMILES string of the molecule is CCOC(=O)c1cn(-c2cc(C(C)(C)C)cc(C(C)(C)C)c2)c(CC2CCCCC2)c1C. The fraction of sp³-hybridized carbons (Fsp3) is 0.621. The lowest BCUT2D eigenvalue weighted by molar-refractivity contribution is 0.0525. The fourth-order valence-electron chi connectivity index (χ4n) is 4.82. The van der Waals surface area contributed by atoms with Gasteiger partial charge >= 0.3 is 5.97 Å². The maximum absolute atomic E-state index is 12.8. The second-order valence-corrected chi connectivity index (χ2v) is 11.7. The minimum Gasteiger partial charge on any atom is -0.462 e. The van der Waals surface area contributed by atoms with Crippen molar-refractivity contribution in [3.8, 4) is 5.69 Å². The molecule has 3 heteroatoms. The molecule has 1 aliphatic rings. The van der Waals surface area contributed by atoms with Gasteiger partial charge in [-0.3, -0.25) is 0 Å². The molecule has 1 aromatic carbocycles. The Hall–Kier alpha value is -2.03. The van der Waals surface area contributed by atoms with Crippen LogP contribution in [0.4, 0.5) is 0 Å². The van der Waals surface area contributed by atoms with Crippen LogP contribution in [0.2, 0.25) is 0 Å². The number of hydrogen-bond donors (Lipinski definition) is 0. The van der Waals surface area contributed by atoms with E-state index in [4.69, 9.17) is 4.74 Å². The Balaban J connectivity index is 2.18. The van der Waals surface area contributed by atoms with Gasteiger partial charge in [-0.05, 0) is 65.8 Å². The van der Waals surface area contributed by atoms with Gasteiger partial charge in [0.1, 0.15) is 0 Å².